The molecule has 5 heteroatoms. The Morgan fingerprint density at radius 2 is 1.57 bits per heavy atom. The van der Waals surface area contributed by atoms with Crippen molar-refractivity contribution in [1.82, 2.24) is 5.32 Å². The Kier molecular flexibility index (Phi) is 6.78. The lowest BCUT2D eigenvalue weighted by Gasteiger charge is -2.24. The summed E-state index contributed by atoms with van der Waals surface area (Å²) in [5.74, 6) is 2.10. The Morgan fingerprint density at radius 3 is 2.10 bits per heavy atom. The first-order chi connectivity index (χ1) is 9.97. The average Bonchev–Trinajstić information content (AvgIpc) is 2.46. The second-order valence-electron chi connectivity index (χ2n) is 5.76. The van der Waals surface area contributed by atoms with Gasteiger partial charge in [0.1, 0.15) is 5.75 Å². The fourth-order valence-corrected chi connectivity index (χ4v) is 2.16. The highest BCUT2D eigenvalue weighted by Crippen LogP contribution is 2.34. The molecule has 0 heterocycles. The zero-order valence-electron chi connectivity index (χ0n) is 13.7. The van der Waals surface area contributed by atoms with Crippen LogP contribution in [0, 0.1) is 5.41 Å². The molecule has 21 heavy (non-hydrogen) atoms. The molecule has 0 aromatic heterocycles. The summed E-state index contributed by atoms with van der Waals surface area (Å²) in [5.41, 5.74) is 1.06. The van der Waals surface area contributed by atoms with Crippen molar-refractivity contribution >= 4 is 0 Å². The van der Waals surface area contributed by atoms with Crippen LogP contribution < -0.4 is 19.5 Å². The van der Waals surface area contributed by atoms with E-state index in [4.69, 9.17) is 19.3 Å². The van der Waals surface area contributed by atoms with Crippen molar-refractivity contribution in [1.29, 1.82) is 0 Å². The van der Waals surface area contributed by atoms with Gasteiger partial charge < -0.3 is 24.6 Å². The molecule has 0 aliphatic heterocycles. The van der Waals surface area contributed by atoms with Crippen LogP contribution in [0.1, 0.15) is 25.8 Å². The number of nitrogens with one attached hydrogen (secondary N) is 1. The van der Waals surface area contributed by atoms with Crippen molar-refractivity contribution in [3.05, 3.63) is 17.7 Å². The van der Waals surface area contributed by atoms with Crippen LogP contribution in [0.15, 0.2) is 12.1 Å². The zero-order chi connectivity index (χ0) is 15.9. The first-order valence-electron chi connectivity index (χ1n) is 7.08. The van der Waals surface area contributed by atoms with Crippen molar-refractivity contribution in [2.75, 3.05) is 34.5 Å². The van der Waals surface area contributed by atoms with Crippen LogP contribution in [0.25, 0.3) is 0 Å². The number of ether oxygens (including phenoxy) is 3. The molecule has 1 aromatic carbocycles. The molecule has 0 fully saturated rings. The van der Waals surface area contributed by atoms with Gasteiger partial charge in [-0.25, -0.2) is 0 Å². The third-order valence-electron chi connectivity index (χ3n) is 3.49. The number of methoxy groups -OCH3 is 3. The predicted octanol–water partition coefficient (Wildman–Crippen LogP) is 2.21. The average molecular weight is 297 g/mol. The summed E-state index contributed by atoms with van der Waals surface area (Å²) in [6.45, 7) is 5.93. The maximum absolute atomic E-state index is 9.05. The van der Waals surface area contributed by atoms with Gasteiger partial charge in [0, 0.05) is 31.3 Å². The van der Waals surface area contributed by atoms with Gasteiger partial charge >= 0.3 is 0 Å². The number of aliphatic hydroxyl groups is 1. The molecule has 0 saturated heterocycles. The van der Waals surface area contributed by atoms with Crippen molar-refractivity contribution in [3.63, 3.8) is 0 Å². The fourth-order valence-electron chi connectivity index (χ4n) is 2.16. The highest BCUT2D eigenvalue weighted by atomic mass is 16.5. The molecule has 5 nitrogen and oxygen atoms in total. The van der Waals surface area contributed by atoms with Crippen LogP contribution in [0.3, 0.4) is 0 Å². The molecule has 0 radical (unpaired) electrons. The number of rotatable bonds is 9. The van der Waals surface area contributed by atoms with Crippen LogP contribution in [-0.4, -0.2) is 39.6 Å². The molecular weight excluding hydrogens is 270 g/mol. The van der Waals surface area contributed by atoms with Gasteiger partial charge in [-0.3, -0.25) is 0 Å². The molecule has 0 aliphatic rings. The summed E-state index contributed by atoms with van der Waals surface area (Å²) in [6, 6.07) is 3.75. The molecule has 2 N–H and O–H groups in total. The largest absolute Gasteiger partial charge is 0.496 e. The number of hydrogen-bond acceptors (Lipinski definition) is 5. The standard InChI is InChI=1S/C16H27NO4/c1-16(2,6-7-18)11-17-10-12-8-14(20-4)15(21-5)9-13(12)19-3/h8-9,17-18H,6-7,10-11H2,1-5H3. The lowest BCUT2D eigenvalue weighted by atomic mass is 9.90. The van der Waals surface area contributed by atoms with Gasteiger partial charge in [-0.05, 0) is 17.9 Å². The van der Waals surface area contributed by atoms with Gasteiger partial charge in [-0.15, -0.1) is 0 Å². The molecular formula is C16H27NO4. The van der Waals surface area contributed by atoms with E-state index in [1.54, 1.807) is 21.3 Å². The fraction of sp³-hybridized carbons (Fsp3) is 0.625. The third-order valence-corrected chi connectivity index (χ3v) is 3.49. The van der Waals surface area contributed by atoms with Crippen LogP contribution >= 0.6 is 0 Å². The molecule has 0 spiro atoms. The van der Waals surface area contributed by atoms with Crippen molar-refractivity contribution in [2.24, 2.45) is 5.41 Å². The minimum Gasteiger partial charge on any atom is -0.496 e. The highest BCUT2D eigenvalue weighted by molar-refractivity contribution is 5.50. The van der Waals surface area contributed by atoms with E-state index in [1.165, 1.54) is 0 Å². The lowest BCUT2D eigenvalue weighted by molar-refractivity contribution is 0.207. The van der Waals surface area contributed by atoms with E-state index in [9.17, 15) is 0 Å². The van der Waals surface area contributed by atoms with Gasteiger partial charge in [-0.1, -0.05) is 13.8 Å². The van der Waals surface area contributed by atoms with Crippen molar-refractivity contribution in [3.8, 4) is 17.2 Å². The van der Waals surface area contributed by atoms with Gasteiger partial charge in [0.2, 0.25) is 0 Å². The first-order valence-corrected chi connectivity index (χ1v) is 7.08. The van der Waals surface area contributed by atoms with E-state index < -0.39 is 0 Å². The van der Waals surface area contributed by atoms with E-state index in [2.05, 4.69) is 19.2 Å². The van der Waals surface area contributed by atoms with Crippen LogP contribution in [0.5, 0.6) is 17.2 Å². The van der Waals surface area contributed by atoms with Gasteiger partial charge in [0.25, 0.3) is 0 Å². The third kappa shape index (κ3) is 5.10. The summed E-state index contributed by atoms with van der Waals surface area (Å²) >= 11 is 0. The summed E-state index contributed by atoms with van der Waals surface area (Å²) in [6.07, 6.45) is 0.767. The Bertz CT molecular complexity index is 446. The van der Waals surface area contributed by atoms with E-state index in [-0.39, 0.29) is 12.0 Å². The molecule has 1 rings (SSSR count). The van der Waals surface area contributed by atoms with Gasteiger partial charge in [-0.2, -0.15) is 0 Å². The molecule has 1 aromatic rings. The predicted molar refractivity (Wildman–Crippen MR) is 83.3 cm³/mol. The normalized spacial score (nSPS) is 11.3. The SMILES string of the molecule is COc1cc(OC)c(OC)cc1CNCC(C)(C)CCO. The molecule has 0 aliphatic carbocycles. The Hall–Kier alpha value is -1.46. The number of aliphatic hydroxyl groups excluding tert-OH is 1. The second-order valence-corrected chi connectivity index (χ2v) is 5.76. The minimum absolute atomic E-state index is 0.0541. The maximum Gasteiger partial charge on any atom is 0.164 e. The Labute approximate surface area is 127 Å². The zero-order valence-corrected chi connectivity index (χ0v) is 13.7. The van der Waals surface area contributed by atoms with E-state index in [0.29, 0.717) is 18.0 Å². The van der Waals surface area contributed by atoms with Crippen molar-refractivity contribution in [2.45, 2.75) is 26.8 Å². The molecule has 0 unspecified atom stereocenters. The second kappa shape index (κ2) is 8.10. The summed E-state index contributed by atoms with van der Waals surface area (Å²) in [5, 5.41) is 12.5. The van der Waals surface area contributed by atoms with E-state index in [0.717, 1.165) is 24.3 Å². The molecule has 120 valence electrons. The highest BCUT2D eigenvalue weighted by Gasteiger charge is 2.17. The molecule has 0 atom stereocenters. The molecule has 0 amide bonds. The first kappa shape index (κ1) is 17.6. The lowest BCUT2D eigenvalue weighted by Crippen LogP contribution is -2.30. The quantitative estimate of drug-likeness (QED) is 0.732. The Morgan fingerprint density at radius 1 is 1.00 bits per heavy atom. The van der Waals surface area contributed by atoms with Crippen LogP contribution in [-0.2, 0) is 6.54 Å². The summed E-state index contributed by atoms with van der Waals surface area (Å²) in [4.78, 5) is 0. The smallest absolute Gasteiger partial charge is 0.164 e. The minimum atomic E-state index is 0.0541. The topological polar surface area (TPSA) is 60.0 Å². The summed E-state index contributed by atoms with van der Waals surface area (Å²) < 4.78 is 16.0. The Balaban J connectivity index is 2.78. The molecule has 0 saturated carbocycles. The van der Waals surface area contributed by atoms with Gasteiger partial charge in [0.15, 0.2) is 11.5 Å². The van der Waals surface area contributed by atoms with Crippen LogP contribution in [0.4, 0.5) is 0 Å². The summed E-state index contributed by atoms with van der Waals surface area (Å²) in [7, 11) is 4.86. The number of hydrogen-bond donors (Lipinski definition) is 2. The maximum atomic E-state index is 9.05. The van der Waals surface area contributed by atoms with Gasteiger partial charge in [0.05, 0.1) is 21.3 Å². The number of benzene rings is 1. The monoisotopic (exact) mass is 297 g/mol. The van der Waals surface area contributed by atoms with Crippen LogP contribution in [0.2, 0.25) is 0 Å². The van der Waals surface area contributed by atoms with E-state index in [1.807, 2.05) is 12.1 Å². The van der Waals surface area contributed by atoms with Crippen molar-refractivity contribution < 1.29 is 19.3 Å². The van der Waals surface area contributed by atoms with E-state index >= 15 is 0 Å². The molecule has 0 bridgehead atoms.